The summed E-state index contributed by atoms with van der Waals surface area (Å²) >= 11 is 0. The number of carbonyl (C=O) groups excluding carboxylic acids is 2. The number of nitrogens with zero attached hydrogens (tertiary/aromatic N) is 5. The third-order valence-corrected chi connectivity index (χ3v) is 6.39. The minimum atomic E-state index is -0.261. The molecule has 35 heavy (non-hydrogen) atoms. The number of benzene rings is 2. The molecule has 8 nitrogen and oxygen atoms in total. The maximum Gasteiger partial charge on any atom is 0.282 e. The molecule has 0 saturated carbocycles. The van der Waals surface area contributed by atoms with E-state index in [1.54, 1.807) is 28.9 Å². The van der Waals surface area contributed by atoms with Crippen LogP contribution in [0.1, 0.15) is 21.5 Å². The molecule has 0 aromatic heterocycles. The van der Waals surface area contributed by atoms with Crippen molar-refractivity contribution >= 4 is 11.8 Å². The second kappa shape index (κ2) is 9.21. The minimum absolute atomic E-state index is 0.0637. The quantitative estimate of drug-likeness (QED) is 0.460. The predicted molar refractivity (Wildman–Crippen MR) is 133 cm³/mol. The molecule has 0 N–H and O–H groups in total. The molecular formula is C27H27N5O3. The lowest BCUT2D eigenvalue weighted by molar-refractivity contribution is -0.131. The van der Waals surface area contributed by atoms with Gasteiger partial charge in [0.2, 0.25) is 5.91 Å². The Morgan fingerprint density at radius 3 is 2.34 bits per heavy atom. The van der Waals surface area contributed by atoms with Gasteiger partial charge in [-0.25, -0.2) is 0 Å². The molecule has 2 aromatic rings. The Kier molecular flexibility index (Phi) is 5.94. The van der Waals surface area contributed by atoms with Crippen LogP contribution in [0.4, 0.5) is 0 Å². The zero-order valence-electron chi connectivity index (χ0n) is 19.8. The molecule has 8 heteroatoms. The molecule has 0 atom stereocenters. The zero-order chi connectivity index (χ0) is 24.5. The van der Waals surface area contributed by atoms with Gasteiger partial charge in [-0.2, -0.15) is 9.78 Å². The average Bonchev–Trinajstić information content (AvgIpc) is 3.20. The van der Waals surface area contributed by atoms with E-state index in [0.717, 1.165) is 11.1 Å². The van der Waals surface area contributed by atoms with Crippen LogP contribution in [0.25, 0.3) is 16.9 Å². The molecule has 0 unspecified atom stereocenters. The standard InChI is InChI=1S/C27H27N5O3/c1-19-7-6-8-20(15-19)16-24(33)30-11-13-31(14-12-30)26(34)22-17-29(2)18-23-25(22)28-32(27(23)35)21-9-4-3-5-10-21/h3-10,15,17-18H,11-14,16H2,1-2H3. The van der Waals surface area contributed by atoms with Crippen LogP contribution in [0.5, 0.6) is 0 Å². The van der Waals surface area contributed by atoms with Crippen molar-refractivity contribution in [3.63, 3.8) is 0 Å². The van der Waals surface area contributed by atoms with Gasteiger partial charge in [-0.15, -0.1) is 0 Å². The van der Waals surface area contributed by atoms with E-state index >= 15 is 0 Å². The first-order valence-corrected chi connectivity index (χ1v) is 11.7. The Morgan fingerprint density at radius 1 is 0.914 bits per heavy atom. The molecule has 3 heterocycles. The number of piperazine rings is 1. The number of aromatic nitrogens is 3. The summed E-state index contributed by atoms with van der Waals surface area (Å²) in [5.74, 6) is -0.122. The van der Waals surface area contributed by atoms with Gasteiger partial charge < -0.3 is 14.4 Å². The van der Waals surface area contributed by atoms with E-state index in [-0.39, 0.29) is 17.4 Å². The largest absolute Gasteiger partial charge is 0.356 e. The van der Waals surface area contributed by atoms with Crippen LogP contribution in [0.15, 0.2) is 71.8 Å². The minimum Gasteiger partial charge on any atom is -0.356 e. The summed E-state index contributed by atoms with van der Waals surface area (Å²) in [6, 6.07) is 17.1. The van der Waals surface area contributed by atoms with Crippen molar-refractivity contribution in [2.24, 2.45) is 7.05 Å². The van der Waals surface area contributed by atoms with Crippen LogP contribution >= 0.6 is 0 Å². The maximum atomic E-state index is 13.5. The van der Waals surface area contributed by atoms with E-state index in [0.29, 0.717) is 55.1 Å². The van der Waals surface area contributed by atoms with E-state index in [9.17, 15) is 14.4 Å². The second-order valence-corrected chi connectivity index (χ2v) is 8.99. The molecule has 0 spiro atoms. The van der Waals surface area contributed by atoms with Gasteiger partial charge in [0.25, 0.3) is 11.5 Å². The van der Waals surface area contributed by atoms with E-state index in [2.05, 4.69) is 5.10 Å². The molecule has 2 amide bonds. The topological polar surface area (TPSA) is 80.4 Å². The molecule has 1 saturated heterocycles. The van der Waals surface area contributed by atoms with Crippen molar-refractivity contribution in [1.82, 2.24) is 24.1 Å². The van der Waals surface area contributed by atoms with Crippen LogP contribution in [-0.4, -0.2) is 62.1 Å². The molecule has 0 radical (unpaired) electrons. The van der Waals surface area contributed by atoms with Gasteiger partial charge in [-0.3, -0.25) is 14.4 Å². The van der Waals surface area contributed by atoms with Crippen molar-refractivity contribution in [2.45, 2.75) is 13.3 Å². The van der Waals surface area contributed by atoms with Gasteiger partial charge in [-0.1, -0.05) is 48.0 Å². The number of para-hydroxylation sites is 1. The van der Waals surface area contributed by atoms with Gasteiger partial charge in [0.05, 0.1) is 23.2 Å². The van der Waals surface area contributed by atoms with Crippen LogP contribution in [0.3, 0.4) is 0 Å². The number of amides is 2. The SMILES string of the molecule is Cc1cccc(CC(=O)N2CCN(C(=O)c3cn(C)cc4c(=O)n(-c5ccccc5)nc3-4)CC2)c1. The number of carbonyl (C=O) groups is 2. The van der Waals surface area contributed by atoms with Crippen molar-refractivity contribution in [1.29, 1.82) is 0 Å². The Hall–Kier alpha value is -4.20. The summed E-state index contributed by atoms with van der Waals surface area (Å²) in [6.45, 7) is 3.83. The zero-order valence-corrected chi connectivity index (χ0v) is 19.8. The smallest absolute Gasteiger partial charge is 0.282 e. The van der Waals surface area contributed by atoms with Crippen molar-refractivity contribution in [2.75, 3.05) is 26.2 Å². The molecule has 3 aliphatic heterocycles. The number of aryl methyl sites for hydroxylation is 2. The maximum absolute atomic E-state index is 13.5. The normalized spacial score (nSPS) is 13.9. The fourth-order valence-electron chi connectivity index (χ4n) is 4.57. The van der Waals surface area contributed by atoms with Gasteiger partial charge in [0, 0.05) is 45.6 Å². The lowest BCUT2D eigenvalue weighted by atomic mass is 10.1. The average molecular weight is 470 g/mol. The molecule has 5 rings (SSSR count). The number of hydrogen-bond acceptors (Lipinski definition) is 4. The first-order chi connectivity index (χ1) is 16.9. The van der Waals surface area contributed by atoms with Gasteiger partial charge in [0.1, 0.15) is 5.69 Å². The van der Waals surface area contributed by atoms with Crippen LogP contribution in [0.2, 0.25) is 0 Å². The van der Waals surface area contributed by atoms with Crippen LogP contribution < -0.4 is 5.56 Å². The van der Waals surface area contributed by atoms with Gasteiger partial charge >= 0.3 is 0 Å². The van der Waals surface area contributed by atoms with Crippen LogP contribution in [-0.2, 0) is 18.3 Å². The third-order valence-electron chi connectivity index (χ3n) is 6.39. The molecule has 1 fully saturated rings. The summed E-state index contributed by atoms with van der Waals surface area (Å²) in [5.41, 5.74) is 3.68. The van der Waals surface area contributed by atoms with Crippen molar-refractivity contribution in [3.05, 3.63) is 94.0 Å². The number of fused-ring (bicyclic) bond motifs is 1. The van der Waals surface area contributed by atoms with Gasteiger partial charge in [-0.05, 0) is 24.6 Å². The van der Waals surface area contributed by atoms with E-state index < -0.39 is 0 Å². The number of pyridine rings is 1. The molecule has 178 valence electrons. The van der Waals surface area contributed by atoms with Gasteiger partial charge in [0.15, 0.2) is 0 Å². The molecule has 2 aromatic carbocycles. The fraction of sp³-hybridized carbons (Fsp3) is 0.259. The summed E-state index contributed by atoms with van der Waals surface area (Å²) in [7, 11) is 1.79. The summed E-state index contributed by atoms with van der Waals surface area (Å²) in [4.78, 5) is 42.9. The second-order valence-electron chi connectivity index (χ2n) is 8.99. The monoisotopic (exact) mass is 469 g/mol. The number of rotatable bonds is 4. The fourth-order valence-corrected chi connectivity index (χ4v) is 4.57. The molecule has 0 aliphatic carbocycles. The van der Waals surface area contributed by atoms with Crippen LogP contribution in [0, 0.1) is 6.92 Å². The lowest BCUT2D eigenvalue weighted by Gasteiger charge is -2.35. The predicted octanol–water partition coefficient (Wildman–Crippen LogP) is 2.51. The molecule has 0 bridgehead atoms. The highest BCUT2D eigenvalue weighted by atomic mass is 16.2. The number of hydrogen-bond donors (Lipinski definition) is 0. The highest BCUT2D eigenvalue weighted by Gasteiger charge is 2.29. The van der Waals surface area contributed by atoms with Crippen molar-refractivity contribution < 1.29 is 9.59 Å². The highest BCUT2D eigenvalue weighted by molar-refractivity contribution is 6.00. The summed E-state index contributed by atoms with van der Waals surface area (Å²) in [6.07, 6.45) is 3.76. The first kappa shape index (κ1) is 22.6. The van der Waals surface area contributed by atoms with E-state index in [4.69, 9.17) is 0 Å². The Morgan fingerprint density at radius 2 is 1.63 bits per heavy atom. The van der Waals surface area contributed by atoms with E-state index in [1.165, 1.54) is 4.68 Å². The summed E-state index contributed by atoms with van der Waals surface area (Å²) < 4.78 is 3.05. The lowest BCUT2D eigenvalue weighted by Crippen LogP contribution is -2.51. The Balaban J connectivity index is 1.34. The Labute approximate surface area is 203 Å². The summed E-state index contributed by atoms with van der Waals surface area (Å²) in [5, 5.41) is 4.52. The highest BCUT2D eigenvalue weighted by Crippen LogP contribution is 2.24. The van der Waals surface area contributed by atoms with Crippen molar-refractivity contribution in [3.8, 4) is 16.9 Å². The Bertz CT molecular complexity index is 1410. The van der Waals surface area contributed by atoms with E-state index in [1.807, 2.05) is 66.4 Å². The third kappa shape index (κ3) is 4.47. The molecular weight excluding hydrogens is 442 g/mol. The first-order valence-electron chi connectivity index (χ1n) is 11.7. The molecule has 3 aliphatic rings.